The van der Waals surface area contributed by atoms with E-state index in [0.717, 1.165) is 31.2 Å². The predicted octanol–water partition coefficient (Wildman–Crippen LogP) is 3.29. The summed E-state index contributed by atoms with van der Waals surface area (Å²) in [5.74, 6) is 1.23. The molecule has 1 saturated carbocycles. The van der Waals surface area contributed by atoms with Crippen molar-refractivity contribution in [1.82, 2.24) is 0 Å². The fourth-order valence-corrected chi connectivity index (χ4v) is 3.80. The average molecular weight is 330 g/mol. The quantitative estimate of drug-likeness (QED) is 0.893. The molecule has 0 amide bonds. The highest BCUT2D eigenvalue weighted by atomic mass is 79.9. The van der Waals surface area contributed by atoms with Gasteiger partial charge in [-0.1, -0.05) is 19.3 Å². The van der Waals surface area contributed by atoms with Gasteiger partial charge in [-0.2, -0.15) is 0 Å². The molecule has 0 radical (unpaired) electrons. The zero-order valence-corrected chi connectivity index (χ0v) is 12.9. The standard InChI is InChI=1S/C14H20BrNO3/c1-18-10-8-9(17)11(12(15)13(10)19-2)14(16)6-4-3-5-7-14/h8,17H,3-7,16H2,1-2H3. The van der Waals surface area contributed by atoms with E-state index >= 15 is 0 Å². The van der Waals surface area contributed by atoms with Crippen molar-refractivity contribution in [3.05, 3.63) is 16.1 Å². The summed E-state index contributed by atoms with van der Waals surface area (Å²) >= 11 is 3.51. The number of phenolic OH excluding ortho intramolecular Hbond substituents is 1. The van der Waals surface area contributed by atoms with Gasteiger partial charge in [0.05, 0.1) is 18.7 Å². The van der Waals surface area contributed by atoms with Gasteiger partial charge in [0.2, 0.25) is 0 Å². The molecule has 3 N–H and O–H groups in total. The second-order valence-corrected chi connectivity index (χ2v) is 5.83. The molecule has 1 aliphatic carbocycles. The predicted molar refractivity (Wildman–Crippen MR) is 77.9 cm³/mol. The lowest BCUT2D eigenvalue weighted by Gasteiger charge is -2.35. The number of hydrogen-bond acceptors (Lipinski definition) is 4. The molecule has 1 aromatic carbocycles. The number of phenols is 1. The van der Waals surface area contributed by atoms with Crippen LogP contribution in [0.2, 0.25) is 0 Å². The van der Waals surface area contributed by atoms with Crippen molar-refractivity contribution in [2.24, 2.45) is 5.73 Å². The molecule has 0 atom stereocenters. The summed E-state index contributed by atoms with van der Waals surface area (Å²) < 4.78 is 11.3. The Balaban J connectivity index is 2.56. The van der Waals surface area contributed by atoms with Gasteiger partial charge >= 0.3 is 0 Å². The van der Waals surface area contributed by atoms with Gasteiger partial charge in [-0.05, 0) is 28.8 Å². The Hall–Kier alpha value is -0.940. The van der Waals surface area contributed by atoms with Crippen LogP contribution >= 0.6 is 15.9 Å². The topological polar surface area (TPSA) is 64.7 Å². The fraction of sp³-hybridized carbons (Fsp3) is 0.571. The normalized spacial score (nSPS) is 18.1. The van der Waals surface area contributed by atoms with Crippen molar-refractivity contribution in [1.29, 1.82) is 0 Å². The van der Waals surface area contributed by atoms with Crippen LogP contribution in [0, 0.1) is 0 Å². The highest BCUT2D eigenvalue weighted by molar-refractivity contribution is 9.10. The minimum atomic E-state index is -0.499. The molecule has 1 aromatic rings. The lowest BCUT2D eigenvalue weighted by molar-refractivity contribution is 0.286. The van der Waals surface area contributed by atoms with Crippen molar-refractivity contribution in [2.75, 3.05) is 14.2 Å². The number of halogens is 1. The molecule has 5 heteroatoms. The maximum atomic E-state index is 10.3. The minimum Gasteiger partial charge on any atom is -0.507 e. The number of nitrogens with two attached hydrogens (primary N) is 1. The summed E-state index contributed by atoms with van der Waals surface area (Å²) in [6.45, 7) is 0. The zero-order chi connectivity index (χ0) is 14.0. The monoisotopic (exact) mass is 329 g/mol. The first-order chi connectivity index (χ1) is 9.03. The third-order valence-electron chi connectivity index (χ3n) is 3.83. The van der Waals surface area contributed by atoms with Gasteiger partial charge in [0.15, 0.2) is 11.5 Å². The van der Waals surface area contributed by atoms with Gasteiger partial charge in [-0.3, -0.25) is 0 Å². The van der Waals surface area contributed by atoms with Gasteiger partial charge in [-0.15, -0.1) is 0 Å². The molecule has 0 aliphatic heterocycles. The van der Waals surface area contributed by atoms with Crippen molar-refractivity contribution >= 4 is 15.9 Å². The third kappa shape index (κ3) is 2.54. The Morgan fingerprint density at radius 1 is 1.21 bits per heavy atom. The van der Waals surface area contributed by atoms with Crippen LogP contribution in [0.1, 0.15) is 37.7 Å². The second kappa shape index (κ2) is 5.59. The van der Waals surface area contributed by atoms with Crippen molar-refractivity contribution in [3.63, 3.8) is 0 Å². The molecule has 4 nitrogen and oxygen atoms in total. The molecule has 1 aliphatic rings. The first-order valence-electron chi connectivity index (χ1n) is 6.46. The SMILES string of the molecule is COc1cc(O)c(C2(N)CCCCC2)c(Br)c1OC. The highest BCUT2D eigenvalue weighted by Gasteiger charge is 2.35. The molecule has 0 bridgehead atoms. The van der Waals surface area contributed by atoms with Crippen LogP contribution in [0.4, 0.5) is 0 Å². The van der Waals surface area contributed by atoms with Crippen LogP contribution in [0.15, 0.2) is 10.5 Å². The van der Waals surface area contributed by atoms with E-state index in [1.165, 1.54) is 6.42 Å². The molecule has 0 unspecified atom stereocenters. The number of ether oxygens (including phenoxy) is 2. The molecular formula is C14H20BrNO3. The highest BCUT2D eigenvalue weighted by Crippen LogP contribution is 2.49. The van der Waals surface area contributed by atoms with Crippen molar-refractivity contribution in [2.45, 2.75) is 37.6 Å². The Kier molecular flexibility index (Phi) is 4.26. The Bertz CT molecular complexity index is 470. The van der Waals surface area contributed by atoms with Gasteiger partial charge in [0.1, 0.15) is 5.75 Å². The van der Waals surface area contributed by atoms with Gasteiger partial charge in [0.25, 0.3) is 0 Å². The summed E-state index contributed by atoms with van der Waals surface area (Å²) in [7, 11) is 3.12. The molecule has 0 aromatic heterocycles. The first kappa shape index (κ1) is 14.5. The molecule has 1 fully saturated rings. The first-order valence-corrected chi connectivity index (χ1v) is 7.25. The summed E-state index contributed by atoms with van der Waals surface area (Å²) in [6.07, 6.45) is 5.10. The average Bonchev–Trinajstić information content (AvgIpc) is 2.38. The van der Waals surface area contributed by atoms with E-state index in [2.05, 4.69) is 15.9 Å². The third-order valence-corrected chi connectivity index (χ3v) is 4.59. The molecule has 0 heterocycles. The minimum absolute atomic E-state index is 0.161. The summed E-state index contributed by atoms with van der Waals surface area (Å²) in [6, 6.07) is 1.57. The van der Waals surface area contributed by atoms with Crippen LogP contribution < -0.4 is 15.2 Å². The van der Waals surface area contributed by atoms with Gasteiger partial charge < -0.3 is 20.3 Å². The van der Waals surface area contributed by atoms with E-state index in [4.69, 9.17) is 15.2 Å². The molecule has 106 valence electrons. The van der Waals surface area contributed by atoms with E-state index in [9.17, 15) is 5.11 Å². The maximum Gasteiger partial charge on any atom is 0.175 e. The zero-order valence-electron chi connectivity index (χ0n) is 11.3. The van der Waals surface area contributed by atoms with Crippen LogP contribution in [-0.2, 0) is 5.54 Å². The number of rotatable bonds is 3. The lowest BCUT2D eigenvalue weighted by Crippen LogP contribution is -2.39. The van der Waals surface area contributed by atoms with Crippen LogP contribution in [0.5, 0.6) is 17.2 Å². The largest absolute Gasteiger partial charge is 0.507 e. The van der Waals surface area contributed by atoms with E-state index in [1.807, 2.05) is 0 Å². The Morgan fingerprint density at radius 2 is 1.84 bits per heavy atom. The van der Waals surface area contributed by atoms with E-state index < -0.39 is 5.54 Å². The van der Waals surface area contributed by atoms with Crippen LogP contribution in [-0.4, -0.2) is 19.3 Å². The number of hydrogen-bond donors (Lipinski definition) is 2. The maximum absolute atomic E-state index is 10.3. The molecule has 19 heavy (non-hydrogen) atoms. The molecule has 0 spiro atoms. The smallest absolute Gasteiger partial charge is 0.175 e. The lowest BCUT2D eigenvalue weighted by atomic mass is 9.77. The van der Waals surface area contributed by atoms with Gasteiger partial charge in [0, 0.05) is 17.2 Å². The fourth-order valence-electron chi connectivity index (χ4n) is 2.84. The number of aromatic hydroxyl groups is 1. The molecule has 2 rings (SSSR count). The number of methoxy groups -OCH3 is 2. The van der Waals surface area contributed by atoms with Crippen molar-refractivity contribution in [3.8, 4) is 17.2 Å². The molecular weight excluding hydrogens is 310 g/mol. The van der Waals surface area contributed by atoms with Gasteiger partial charge in [-0.25, -0.2) is 0 Å². The number of benzene rings is 1. The Labute approximate surface area is 122 Å². The van der Waals surface area contributed by atoms with Crippen LogP contribution in [0.25, 0.3) is 0 Å². The van der Waals surface area contributed by atoms with Crippen LogP contribution in [0.3, 0.4) is 0 Å². The van der Waals surface area contributed by atoms with E-state index in [0.29, 0.717) is 16.0 Å². The van der Waals surface area contributed by atoms with E-state index in [-0.39, 0.29) is 5.75 Å². The Morgan fingerprint density at radius 3 is 2.37 bits per heavy atom. The second-order valence-electron chi connectivity index (χ2n) is 5.04. The summed E-state index contributed by atoms with van der Waals surface area (Å²) in [5.41, 5.74) is 6.74. The summed E-state index contributed by atoms with van der Waals surface area (Å²) in [4.78, 5) is 0. The van der Waals surface area contributed by atoms with E-state index in [1.54, 1.807) is 20.3 Å². The van der Waals surface area contributed by atoms with Crippen molar-refractivity contribution < 1.29 is 14.6 Å². The summed E-state index contributed by atoms with van der Waals surface area (Å²) in [5, 5.41) is 10.3. The molecule has 0 saturated heterocycles.